The number of para-hydroxylation sites is 1. The van der Waals surface area contributed by atoms with E-state index < -0.39 is 0 Å². The molecule has 2 aliphatic rings. The Balaban J connectivity index is 1.59. The Labute approximate surface area is 147 Å². The normalized spacial score (nSPS) is 26.6. The van der Waals surface area contributed by atoms with Crippen LogP contribution in [-0.2, 0) is 7.05 Å². The zero-order chi connectivity index (χ0) is 17.6. The van der Waals surface area contributed by atoms with Gasteiger partial charge < -0.3 is 14.8 Å². The molecule has 25 heavy (non-hydrogen) atoms. The number of pyridine rings is 1. The van der Waals surface area contributed by atoms with Crippen LogP contribution in [0.3, 0.4) is 0 Å². The summed E-state index contributed by atoms with van der Waals surface area (Å²) in [5.41, 5.74) is 0.905. The van der Waals surface area contributed by atoms with Gasteiger partial charge in [0.1, 0.15) is 5.56 Å². The number of fused-ring (bicyclic) bond motifs is 3. The lowest BCUT2D eigenvalue weighted by atomic mass is 9.82. The molecule has 3 heterocycles. The van der Waals surface area contributed by atoms with Crippen LogP contribution in [0.15, 0.2) is 35.3 Å². The van der Waals surface area contributed by atoms with Gasteiger partial charge in [0.05, 0.1) is 5.52 Å². The molecular formula is C20H25N3O2. The van der Waals surface area contributed by atoms with E-state index in [1.54, 1.807) is 12.3 Å². The number of aromatic nitrogens is 1. The molecule has 4 rings (SSSR count). The Morgan fingerprint density at radius 1 is 1.12 bits per heavy atom. The van der Waals surface area contributed by atoms with Crippen LogP contribution in [0.4, 0.5) is 0 Å². The number of benzene rings is 1. The smallest absolute Gasteiger partial charge is 0.256 e. The first-order valence-electron chi connectivity index (χ1n) is 9.16. The van der Waals surface area contributed by atoms with E-state index in [0.29, 0.717) is 17.5 Å². The van der Waals surface area contributed by atoms with Crippen LogP contribution in [0.5, 0.6) is 0 Å². The maximum absolute atomic E-state index is 12.8. The number of piperidine rings is 2. The maximum atomic E-state index is 12.8. The van der Waals surface area contributed by atoms with Crippen LogP contribution in [-0.4, -0.2) is 40.5 Å². The van der Waals surface area contributed by atoms with Gasteiger partial charge in [-0.2, -0.15) is 0 Å². The molecule has 5 nitrogen and oxygen atoms in total. The van der Waals surface area contributed by atoms with Gasteiger partial charge in [-0.3, -0.25) is 9.59 Å². The molecule has 1 aromatic heterocycles. The average Bonchev–Trinajstić information content (AvgIpc) is 2.59. The minimum atomic E-state index is -0.237. The van der Waals surface area contributed by atoms with Crippen LogP contribution < -0.4 is 10.7 Å². The van der Waals surface area contributed by atoms with Crippen molar-refractivity contribution >= 4 is 16.8 Å². The van der Waals surface area contributed by atoms with Crippen LogP contribution >= 0.6 is 0 Å². The summed E-state index contributed by atoms with van der Waals surface area (Å²) in [6.45, 7) is 0. The van der Waals surface area contributed by atoms with Crippen LogP contribution in [0.25, 0.3) is 10.9 Å². The zero-order valence-electron chi connectivity index (χ0n) is 14.9. The molecule has 2 unspecified atom stereocenters. The summed E-state index contributed by atoms with van der Waals surface area (Å²) in [6, 6.07) is 8.69. The monoisotopic (exact) mass is 339 g/mol. The predicted molar refractivity (Wildman–Crippen MR) is 98.9 cm³/mol. The van der Waals surface area contributed by atoms with Gasteiger partial charge in [0.25, 0.3) is 5.91 Å². The van der Waals surface area contributed by atoms with Gasteiger partial charge in [-0.05, 0) is 44.9 Å². The molecule has 0 spiro atoms. The fraction of sp³-hybridized carbons (Fsp3) is 0.500. The average molecular weight is 339 g/mol. The van der Waals surface area contributed by atoms with Crippen molar-refractivity contribution in [1.82, 2.24) is 14.8 Å². The predicted octanol–water partition coefficient (Wildman–Crippen LogP) is 2.28. The molecule has 2 saturated heterocycles. The highest BCUT2D eigenvalue weighted by Crippen LogP contribution is 2.32. The second-order valence-corrected chi connectivity index (χ2v) is 7.55. The summed E-state index contributed by atoms with van der Waals surface area (Å²) in [5.74, 6) is -0.237. The number of hydrogen-bond donors (Lipinski definition) is 1. The summed E-state index contributed by atoms with van der Waals surface area (Å²) in [7, 11) is 4.07. The minimum Gasteiger partial charge on any atom is -0.350 e. The molecule has 1 N–H and O–H groups in total. The Bertz CT molecular complexity index is 859. The molecule has 0 aliphatic carbocycles. The highest BCUT2D eigenvalue weighted by molar-refractivity contribution is 5.97. The molecule has 132 valence electrons. The zero-order valence-corrected chi connectivity index (χ0v) is 14.9. The van der Waals surface area contributed by atoms with E-state index in [9.17, 15) is 9.59 Å². The Morgan fingerprint density at radius 2 is 1.80 bits per heavy atom. The third kappa shape index (κ3) is 2.86. The van der Waals surface area contributed by atoms with E-state index in [1.807, 2.05) is 29.8 Å². The van der Waals surface area contributed by atoms with Gasteiger partial charge in [0.2, 0.25) is 5.43 Å². The Hall–Kier alpha value is -2.14. The summed E-state index contributed by atoms with van der Waals surface area (Å²) in [4.78, 5) is 28.0. The SMILES string of the molecule is CN1C2CCCC1CC(NC(=O)c1cn(C)c3ccccc3c1=O)C2. The van der Waals surface area contributed by atoms with E-state index in [2.05, 4.69) is 17.3 Å². The van der Waals surface area contributed by atoms with Crippen molar-refractivity contribution in [2.75, 3.05) is 7.05 Å². The lowest BCUT2D eigenvalue weighted by Gasteiger charge is -2.47. The molecule has 2 aliphatic heterocycles. The highest BCUT2D eigenvalue weighted by atomic mass is 16.2. The van der Waals surface area contributed by atoms with E-state index in [4.69, 9.17) is 0 Å². The molecule has 5 heteroatoms. The van der Waals surface area contributed by atoms with Crippen molar-refractivity contribution in [3.63, 3.8) is 0 Å². The van der Waals surface area contributed by atoms with Crippen LogP contribution in [0, 0.1) is 0 Å². The summed E-state index contributed by atoms with van der Waals surface area (Å²) < 4.78 is 1.86. The summed E-state index contributed by atoms with van der Waals surface area (Å²) >= 11 is 0. The quantitative estimate of drug-likeness (QED) is 0.913. The third-order valence-electron chi connectivity index (χ3n) is 6.02. The molecule has 0 saturated carbocycles. The lowest BCUT2D eigenvalue weighted by Crippen LogP contribution is -2.55. The number of nitrogens with zero attached hydrogens (tertiary/aromatic N) is 2. The van der Waals surface area contributed by atoms with Crippen molar-refractivity contribution in [1.29, 1.82) is 0 Å². The van der Waals surface area contributed by atoms with Gasteiger partial charge in [0, 0.05) is 36.8 Å². The summed E-state index contributed by atoms with van der Waals surface area (Å²) in [6.07, 6.45) is 7.31. The lowest BCUT2D eigenvalue weighted by molar-refractivity contribution is 0.0462. The number of nitrogens with one attached hydrogen (secondary N) is 1. The van der Waals surface area contributed by atoms with Gasteiger partial charge in [0.15, 0.2) is 0 Å². The number of rotatable bonds is 2. The molecule has 1 aromatic carbocycles. The second-order valence-electron chi connectivity index (χ2n) is 7.55. The van der Waals surface area contributed by atoms with Gasteiger partial charge in [-0.15, -0.1) is 0 Å². The molecule has 1 amide bonds. The van der Waals surface area contributed by atoms with E-state index >= 15 is 0 Å². The maximum Gasteiger partial charge on any atom is 0.256 e. The fourth-order valence-electron chi connectivity index (χ4n) is 4.60. The molecular weight excluding hydrogens is 314 g/mol. The standard InChI is InChI=1S/C20H25N3O2/c1-22-12-17(19(24)16-8-3-4-9-18(16)22)20(25)21-13-10-14-6-5-7-15(11-13)23(14)2/h3-4,8-9,12-15H,5-7,10-11H2,1-2H3,(H,21,25). The summed E-state index contributed by atoms with van der Waals surface area (Å²) in [5, 5.41) is 3.73. The second kappa shape index (κ2) is 6.30. The van der Waals surface area contributed by atoms with Crippen molar-refractivity contribution in [2.45, 2.75) is 50.2 Å². The number of aryl methyl sites for hydroxylation is 1. The minimum absolute atomic E-state index is 0.162. The molecule has 2 aromatic rings. The van der Waals surface area contributed by atoms with E-state index in [1.165, 1.54) is 19.3 Å². The van der Waals surface area contributed by atoms with E-state index in [-0.39, 0.29) is 22.9 Å². The van der Waals surface area contributed by atoms with Crippen molar-refractivity contribution in [2.24, 2.45) is 7.05 Å². The topological polar surface area (TPSA) is 54.3 Å². The number of carbonyl (C=O) groups is 1. The molecule has 2 bridgehead atoms. The first-order valence-corrected chi connectivity index (χ1v) is 9.16. The molecule has 2 fully saturated rings. The van der Waals surface area contributed by atoms with Gasteiger partial charge >= 0.3 is 0 Å². The first kappa shape index (κ1) is 16.3. The number of hydrogen-bond acceptors (Lipinski definition) is 3. The van der Waals surface area contributed by atoms with Gasteiger partial charge in [-0.1, -0.05) is 18.6 Å². The largest absolute Gasteiger partial charge is 0.350 e. The van der Waals surface area contributed by atoms with E-state index in [0.717, 1.165) is 18.4 Å². The van der Waals surface area contributed by atoms with Crippen molar-refractivity contribution in [3.8, 4) is 0 Å². The van der Waals surface area contributed by atoms with Crippen molar-refractivity contribution < 1.29 is 4.79 Å². The molecule has 0 radical (unpaired) electrons. The number of carbonyl (C=O) groups excluding carboxylic acids is 1. The fourth-order valence-corrected chi connectivity index (χ4v) is 4.60. The Kier molecular flexibility index (Phi) is 4.12. The van der Waals surface area contributed by atoms with Gasteiger partial charge in [-0.25, -0.2) is 0 Å². The number of amides is 1. The molecule has 2 atom stereocenters. The van der Waals surface area contributed by atoms with Crippen LogP contribution in [0.2, 0.25) is 0 Å². The highest BCUT2D eigenvalue weighted by Gasteiger charge is 2.36. The Morgan fingerprint density at radius 3 is 2.52 bits per heavy atom. The first-order chi connectivity index (χ1) is 12.0. The third-order valence-corrected chi connectivity index (χ3v) is 6.02. The van der Waals surface area contributed by atoms with Crippen LogP contribution in [0.1, 0.15) is 42.5 Å². The van der Waals surface area contributed by atoms with Crippen molar-refractivity contribution in [3.05, 3.63) is 46.2 Å².